The van der Waals surface area contributed by atoms with Gasteiger partial charge in [0.15, 0.2) is 5.69 Å². The molecule has 3 rings (SSSR count). The van der Waals surface area contributed by atoms with E-state index in [1.165, 1.54) is 25.2 Å². The second kappa shape index (κ2) is 9.16. The number of amides is 1. The van der Waals surface area contributed by atoms with Gasteiger partial charge in [0.2, 0.25) is 0 Å². The molecule has 13 heteroatoms. The van der Waals surface area contributed by atoms with Crippen molar-refractivity contribution >= 4 is 50.5 Å². The average molecular weight is 522 g/mol. The molecule has 0 saturated carbocycles. The summed E-state index contributed by atoms with van der Waals surface area (Å²) in [4.78, 5) is 17.1. The standard InChI is InChI=1S/C20H13Cl2F4N3O3S/c1-29(13-4-2-3-12(23)8-13)19(30)18-17(7-11(21)10-27-18)28-33(31,32)14-5-6-16(22)15(9-14)20(24,25)26/h2-10,28H,1H3. The molecular weight excluding hydrogens is 509 g/mol. The maximum absolute atomic E-state index is 13.5. The smallest absolute Gasteiger partial charge is 0.310 e. The maximum atomic E-state index is 13.5. The Kier molecular flexibility index (Phi) is 6.87. The molecule has 6 nitrogen and oxygen atoms in total. The fraction of sp³-hybridized carbons (Fsp3) is 0.100. The second-order valence-corrected chi connectivity index (χ2v) is 9.16. The fourth-order valence-corrected chi connectivity index (χ4v) is 4.21. The molecule has 1 aromatic heterocycles. The SMILES string of the molecule is CN(C(=O)c1ncc(Cl)cc1NS(=O)(=O)c1ccc(Cl)c(C(F)(F)F)c1)c1cccc(F)c1. The topological polar surface area (TPSA) is 79.4 Å². The van der Waals surface area contributed by atoms with E-state index in [1.54, 1.807) is 0 Å². The molecule has 0 fully saturated rings. The van der Waals surface area contributed by atoms with E-state index in [-0.39, 0.29) is 16.4 Å². The van der Waals surface area contributed by atoms with Crippen LogP contribution >= 0.6 is 23.2 Å². The molecule has 0 aliphatic heterocycles. The van der Waals surface area contributed by atoms with Gasteiger partial charge in [0, 0.05) is 18.9 Å². The number of carbonyl (C=O) groups excluding carboxylic acids is 1. The number of sulfonamides is 1. The van der Waals surface area contributed by atoms with Crippen molar-refractivity contribution in [2.24, 2.45) is 0 Å². The molecule has 0 bridgehead atoms. The van der Waals surface area contributed by atoms with Gasteiger partial charge in [-0.25, -0.2) is 17.8 Å². The monoisotopic (exact) mass is 521 g/mol. The summed E-state index contributed by atoms with van der Waals surface area (Å²) in [5, 5.41) is -0.733. The Labute approximate surface area is 195 Å². The highest BCUT2D eigenvalue weighted by molar-refractivity contribution is 7.92. The van der Waals surface area contributed by atoms with Gasteiger partial charge in [0.1, 0.15) is 5.82 Å². The molecule has 33 heavy (non-hydrogen) atoms. The molecule has 0 saturated heterocycles. The van der Waals surface area contributed by atoms with Gasteiger partial charge < -0.3 is 4.90 Å². The number of anilines is 2. The van der Waals surface area contributed by atoms with Crippen LogP contribution in [0.4, 0.5) is 28.9 Å². The Balaban J connectivity index is 2.01. The third-order valence-corrected chi connectivity index (χ3v) is 6.25. The first-order chi connectivity index (χ1) is 15.3. The van der Waals surface area contributed by atoms with Crippen molar-refractivity contribution in [2.45, 2.75) is 11.1 Å². The van der Waals surface area contributed by atoms with E-state index in [4.69, 9.17) is 23.2 Å². The molecule has 0 aliphatic rings. The molecule has 1 amide bonds. The van der Waals surface area contributed by atoms with Crippen LogP contribution in [0.5, 0.6) is 0 Å². The van der Waals surface area contributed by atoms with Gasteiger partial charge in [-0.2, -0.15) is 13.2 Å². The number of hydrogen-bond donors (Lipinski definition) is 1. The number of rotatable bonds is 5. The van der Waals surface area contributed by atoms with Crippen molar-refractivity contribution in [3.05, 3.63) is 81.8 Å². The molecule has 0 atom stereocenters. The van der Waals surface area contributed by atoms with Crippen LogP contribution in [0.3, 0.4) is 0 Å². The number of carbonyl (C=O) groups is 1. The van der Waals surface area contributed by atoms with Gasteiger partial charge in [0.25, 0.3) is 15.9 Å². The lowest BCUT2D eigenvalue weighted by Gasteiger charge is -2.19. The highest BCUT2D eigenvalue weighted by atomic mass is 35.5. The average Bonchev–Trinajstić information content (AvgIpc) is 2.72. The summed E-state index contributed by atoms with van der Waals surface area (Å²) in [6.07, 6.45) is -3.81. The predicted octanol–water partition coefficient (Wildman–Crippen LogP) is 5.62. The molecule has 1 N–H and O–H groups in total. The van der Waals surface area contributed by atoms with E-state index < -0.39 is 49.1 Å². The first kappa shape index (κ1) is 24.7. The number of aromatic nitrogens is 1. The number of alkyl halides is 3. The summed E-state index contributed by atoms with van der Waals surface area (Å²) < 4.78 is 80.6. The maximum Gasteiger partial charge on any atom is 0.417 e. The van der Waals surface area contributed by atoms with Crippen molar-refractivity contribution in [2.75, 3.05) is 16.7 Å². The number of halogens is 6. The van der Waals surface area contributed by atoms with E-state index in [0.717, 1.165) is 35.4 Å². The van der Waals surface area contributed by atoms with Gasteiger partial charge in [0.05, 0.1) is 26.2 Å². The van der Waals surface area contributed by atoms with Crippen LogP contribution in [0.25, 0.3) is 0 Å². The molecule has 0 spiro atoms. The van der Waals surface area contributed by atoms with E-state index in [0.29, 0.717) is 6.07 Å². The van der Waals surface area contributed by atoms with Crippen LogP contribution in [0, 0.1) is 5.82 Å². The lowest BCUT2D eigenvalue weighted by atomic mass is 10.2. The Morgan fingerprint density at radius 1 is 1.09 bits per heavy atom. The van der Waals surface area contributed by atoms with E-state index in [1.807, 2.05) is 4.72 Å². The molecule has 0 radical (unpaired) electrons. The van der Waals surface area contributed by atoms with Gasteiger partial charge >= 0.3 is 6.18 Å². The molecule has 3 aromatic rings. The summed E-state index contributed by atoms with van der Waals surface area (Å²) >= 11 is 11.4. The summed E-state index contributed by atoms with van der Waals surface area (Å²) in [7, 11) is -3.31. The lowest BCUT2D eigenvalue weighted by Crippen LogP contribution is -2.29. The number of pyridine rings is 1. The highest BCUT2D eigenvalue weighted by Crippen LogP contribution is 2.36. The number of hydrogen-bond acceptors (Lipinski definition) is 4. The zero-order valence-electron chi connectivity index (χ0n) is 16.5. The molecular formula is C20H13Cl2F4N3O3S. The third kappa shape index (κ3) is 5.55. The van der Waals surface area contributed by atoms with Gasteiger partial charge in [-0.05, 0) is 42.5 Å². The quantitative estimate of drug-likeness (QED) is 0.441. The van der Waals surface area contributed by atoms with Crippen molar-refractivity contribution in [1.29, 1.82) is 0 Å². The minimum absolute atomic E-state index is 0.0512. The van der Waals surface area contributed by atoms with Gasteiger partial charge in [-0.3, -0.25) is 9.52 Å². The van der Waals surface area contributed by atoms with Crippen LogP contribution in [0.1, 0.15) is 16.1 Å². The predicted molar refractivity (Wildman–Crippen MR) is 116 cm³/mol. The number of nitrogens with zero attached hydrogens (tertiary/aromatic N) is 2. The summed E-state index contributed by atoms with van der Waals surface area (Å²) in [5.74, 6) is -1.44. The molecule has 0 aliphatic carbocycles. The molecule has 2 aromatic carbocycles. The lowest BCUT2D eigenvalue weighted by molar-refractivity contribution is -0.137. The highest BCUT2D eigenvalue weighted by Gasteiger charge is 2.35. The minimum atomic E-state index is -4.89. The van der Waals surface area contributed by atoms with Crippen LogP contribution in [0.15, 0.2) is 59.6 Å². The van der Waals surface area contributed by atoms with E-state index >= 15 is 0 Å². The first-order valence-electron chi connectivity index (χ1n) is 8.88. The summed E-state index contributed by atoms with van der Waals surface area (Å²) in [5.41, 5.74) is -2.00. The van der Waals surface area contributed by atoms with Crippen LogP contribution in [-0.2, 0) is 16.2 Å². The zero-order chi connectivity index (χ0) is 24.6. The van der Waals surface area contributed by atoms with Crippen molar-refractivity contribution in [3.63, 3.8) is 0 Å². The van der Waals surface area contributed by atoms with Crippen LogP contribution in [-0.4, -0.2) is 26.4 Å². The Bertz CT molecular complexity index is 1330. The van der Waals surface area contributed by atoms with Crippen molar-refractivity contribution in [3.8, 4) is 0 Å². The van der Waals surface area contributed by atoms with Crippen molar-refractivity contribution < 1.29 is 30.8 Å². The van der Waals surface area contributed by atoms with Gasteiger partial charge in [-0.1, -0.05) is 29.3 Å². The van der Waals surface area contributed by atoms with Crippen molar-refractivity contribution in [1.82, 2.24) is 4.98 Å². The van der Waals surface area contributed by atoms with E-state index in [9.17, 15) is 30.8 Å². The largest absolute Gasteiger partial charge is 0.417 e. The zero-order valence-corrected chi connectivity index (χ0v) is 18.8. The van der Waals surface area contributed by atoms with E-state index in [2.05, 4.69) is 4.98 Å². The molecule has 174 valence electrons. The normalized spacial score (nSPS) is 11.8. The Hall–Kier alpha value is -2.89. The van der Waals surface area contributed by atoms with Crippen LogP contribution in [0.2, 0.25) is 10.0 Å². The van der Waals surface area contributed by atoms with Gasteiger partial charge in [-0.15, -0.1) is 0 Å². The summed E-state index contributed by atoms with van der Waals surface area (Å²) in [6.45, 7) is 0. The first-order valence-corrected chi connectivity index (χ1v) is 11.1. The van der Waals surface area contributed by atoms with Crippen LogP contribution < -0.4 is 9.62 Å². The Morgan fingerprint density at radius 2 is 1.79 bits per heavy atom. The molecule has 0 unspecified atom stereocenters. The summed E-state index contributed by atoms with van der Waals surface area (Å²) in [6, 6.07) is 8.14. The third-order valence-electron chi connectivity index (χ3n) is 4.35. The second-order valence-electron chi connectivity index (χ2n) is 6.64. The fourth-order valence-electron chi connectivity index (χ4n) is 2.74. The molecule has 1 heterocycles. The number of benzene rings is 2. The Morgan fingerprint density at radius 3 is 2.42 bits per heavy atom. The minimum Gasteiger partial charge on any atom is -0.310 e. The number of nitrogens with one attached hydrogen (secondary N) is 1.